The maximum Gasteiger partial charge on any atom is 0.0739 e. The summed E-state index contributed by atoms with van der Waals surface area (Å²) in [4.78, 5) is 2.39. The summed E-state index contributed by atoms with van der Waals surface area (Å²) in [6.07, 6.45) is 0. The Morgan fingerprint density at radius 2 is 1.94 bits per heavy atom. The Bertz CT molecular complexity index is 371. The zero-order chi connectivity index (χ0) is 13.2. The lowest BCUT2D eigenvalue weighted by atomic mass is 10.1. The van der Waals surface area contributed by atoms with Crippen molar-refractivity contribution in [3.05, 3.63) is 15.9 Å². The molecule has 1 rings (SSSR count). The van der Waals surface area contributed by atoms with E-state index in [-0.39, 0.29) is 0 Å². The van der Waals surface area contributed by atoms with E-state index in [0.29, 0.717) is 12.0 Å². The number of halogens is 1. The standard InChI is InChI=1S/C13H24BrN3/c1-7-17-12(13(14)10(4)15-17)8-16(6)11(5)9(2)3/h9,11H,7-8H2,1-6H3. The summed E-state index contributed by atoms with van der Waals surface area (Å²) in [5, 5.41) is 4.53. The molecule has 0 saturated heterocycles. The van der Waals surface area contributed by atoms with Crippen molar-refractivity contribution in [2.75, 3.05) is 7.05 Å². The molecule has 0 fully saturated rings. The zero-order valence-corrected chi connectivity index (χ0v) is 13.4. The number of nitrogens with zero attached hydrogens (tertiary/aromatic N) is 3. The molecule has 1 aromatic rings. The predicted molar refractivity (Wildman–Crippen MR) is 76.1 cm³/mol. The lowest BCUT2D eigenvalue weighted by molar-refractivity contribution is 0.195. The Morgan fingerprint density at radius 3 is 2.41 bits per heavy atom. The second-order valence-corrected chi connectivity index (χ2v) is 5.85. The minimum Gasteiger partial charge on any atom is -0.298 e. The monoisotopic (exact) mass is 301 g/mol. The molecule has 0 aliphatic carbocycles. The Balaban J connectivity index is 2.87. The van der Waals surface area contributed by atoms with E-state index in [0.717, 1.165) is 23.3 Å². The van der Waals surface area contributed by atoms with E-state index in [1.165, 1.54) is 5.69 Å². The lowest BCUT2D eigenvalue weighted by Crippen LogP contribution is -2.33. The van der Waals surface area contributed by atoms with Crippen molar-refractivity contribution in [3.8, 4) is 0 Å². The number of hydrogen-bond donors (Lipinski definition) is 0. The van der Waals surface area contributed by atoms with Crippen LogP contribution in [0.3, 0.4) is 0 Å². The maximum absolute atomic E-state index is 4.53. The number of aryl methyl sites for hydroxylation is 2. The van der Waals surface area contributed by atoms with Gasteiger partial charge in [0.2, 0.25) is 0 Å². The molecule has 1 aromatic heterocycles. The van der Waals surface area contributed by atoms with Crippen molar-refractivity contribution in [1.29, 1.82) is 0 Å². The van der Waals surface area contributed by atoms with Crippen molar-refractivity contribution in [2.24, 2.45) is 5.92 Å². The van der Waals surface area contributed by atoms with Gasteiger partial charge >= 0.3 is 0 Å². The van der Waals surface area contributed by atoms with Crippen molar-refractivity contribution in [3.63, 3.8) is 0 Å². The fourth-order valence-electron chi connectivity index (χ4n) is 1.91. The van der Waals surface area contributed by atoms with Crippen molar-refractivity contribution in [2.45, 2.75) is 53.8 Å². The Kier molecular flexibility index (Phi) is 5.20. The first-order valence-corrected chi connectivity index (χ1v) is 7.09. The molecule has 0 radical (unpaired) electrons. The first-order chi connectivity index (χ1) is 7.88. The van der Waals surface area contributed by atoms with E-state index in [1.54, 1.807) is 0 Å². The van der Waals surface area contributed by atoms with Gasteiger partial charge in [-0.3, -0.25) is 9.58 Å². The molecule has 0 N–H and O–H groups in total. The topological polar surface area (TPSA) is 21.1 Å². The maximum atomic E-state index is 4.53. The summed E-state index contributed by atoms with van der Waals surface area (Å²) in [6.45, 7) is 12.8. The highest BCUT2D eigenvalue weighted by molar-refractivity contribution is 9.10. The summed E-state index contributed by atoms with van der Waals surface area (Å²) in [7, 11) is 2.18. The number of hydrogen-bond acceptors (Lipinski definition) is 2. The van der Waals surface area contributed by atoms with Crippen LogP contribution in [0.4, 0.5) is 0 Å². The van der Waals surface area contributed by atoms with Crippen LogP contribution in [0.15, 0.2) is 4.47 Å². The average Bonchev–Trinajstić information content (AvgIpc) is 2.55. The highest BCUT2D eigenvalue weighted by Crippen LogP contribution is 2.23. The molecule has 1 atom stereocenters. The highest BCUT2D eigenvalue weighted by atomic mass is 79.9. The van der Waals surface area contributed by atoms with Gasteiger partial charge in [0.05, 0.1) is 15.9 Å². The molecular formula is C13H24BrN3. The number of aromatic nitrogens is 2. The van der Waals surface area contributed by atoms with Gasteiger partial charge < -0.3 is 0 Å². The largest absolute Gasteiger partial charge is 0.298 e. The normalized spacial score (nSPS) is 13.7. The Morgan fingerprint density at radius 1 is 1.35 bits per heavy atom. The SMILES string of the molecule is CCn1nc(C)c(Br)c1CN(C)C(C)C(C)C. The van der Waals surface area contributed by atoms with Crippen LogP contribution in [0, 0.1) is 12.8 Å². The van der Waals surface area contributed by atoms with Gasteiger partial charge in [-0.15, -0.1) is 0 Å². The quantitative estimate of drug-likeness (QED) is 0.830. The molecule has 0 aliphatic heterocycles. The van der Waals surface area contributed by atoms with E-state index in [2.05, 4.69) is 65.4 Å². The third kappa shape index (κ3) is 3.32. The fraction of sp³-hybridized carbons (Fsp3) is 0.769. The summed E-state index contributed by atoms with van der Waals surface area (Å²) in [5.41, 5.74) is 2.35. The molecule has 3 nitrogen and oxygen atoms in total. The molecular weight excluding hydrogens is 278 g/mol. The van der Waals surface area contributed by atoms with Gasteiger partial charge in [0.15, 0.2) is 0 Å². The van der Waals surface area contributed by atoms with Crippen LogP contribution in [0.1, 0.15) is 39.1 Å². The molecule has 17 heavy (non-hydrogen) atoms. The fourth-order valence-corrected chi connectivity index (χ4v) is 2.32. The van der Waals surface area contributed by atoms with Gasteiger partial charge in [0.1, 0.15) is 0 Å². The van der Waals surface area contributed by atoms with Crippen LogP contribution < -0.4 is 0 Å². The second-order valence-electron chi connectivity index (χ2n) is 5.06. The highest BCUT2D eigenvalue weighted by Gasteiger charge is 2.18. The molecule has 0 aliphatic rings. The van der Waals surface area contributed by atoms with Gasteiger partial charge in [0.25, 0.3) is 0 Å². The molecule has 1 heterocycles. The lowest BCUT2D eigenvalue weighted by Gasteiger charge is -2.28. The van der Waals surface area contributed by atoms with Crippen molar-refractivity contribution >= 4 is 15.9 Å². The third-order valence-corrected chi connectivity index (χ3v) is 4.54. The van der Waals surface area contributed by atoms with Crippen LogP contribution in [-0.4, -0.2) is 27.8 Å². The van der Waals surface area contributed by atoms with Gasteiger partial charge in [-0.05, 0) is 49.7 Å². The van der Waals surface area contributed by atoms with Gasteiger partial charge in [-0.1, -0.05) is 13.8 Å². The minimum absolute atomic E-state index is 0.572. The average molecular weight is 302 g/mol. The van der Waals surface area contributed by atoms with Crippen LogP contribution >= 0.6 is 15.9 Å². The smallest absolute Gasteiger partial charge is 0.0739 e. The molecule has 0 spiro atoms. The molecule has 1 unspecified atom stereocenters. The van der Waals surface area contributed by atoms with Gasteiger partial charge in [0, 0.05) is 19.1 Å². The summed E-state index contributed by atoms with van der Waals surface area (Å²) < 4.78 is 3.24. The van der Waals surface area contributed by atoms with Gasteiger partial charge in [-0.2, -0.15) is 5.10 Å². The summed E-state index contributed by atoms with van der Waals surface area (Å²) in [5.74, 6) is 0.665. The minimum atomic E-state index is 0.572. The first-order valence-electron chi connectivity index (χ1n) is 6.30. The van der Waals surface area contributed by atoms with E-state index in [4.69, 9.17) is 0 Å². The third-order valence-electron chi connectivity index (χ3n) is 3.51. The van der Waals surface area contributed by atoms with E-state index in [1.807, 2.05) is 6.92 Å². The first kappa shape index (κ1) is 14.7. The molecule has 0 bridgehead atoms. The second kappa shape index (κ2) is 6.01. The molecule has 0 amide bonds. The zero-order valence-electron chi connectivity index (χ0n) is 11.8. The van der Waals surface area contributed by atoms with Crippen LogP contribution in [0.25, 0.3) is 0 Å². The molecule has 0 aromatic carbocycles. The summed E-state index contributed by atoms with van der Waals surface area (Å²) in [6, 6.07) is 0.572. The van der Waals surface area contributed by atoms with Crippen LogP contribution in [0.2, 0.25) is 0 Å². The number of rotatable bonds is 5. The Labute approximate surface area is 113 Å². The van der Waals surface area contributed by atoms with Crippen molar-refractivity contribution < 1.29 is 0 Å². The van der Waals surface area contributed by atoms with E-state index >= 15 is 0 Å². The van der Waals surface area contributed by atoms with Crippen molar-refractivity contribution in [1.82, 2.24) is 14.7 Å². The molecule has 0 saturated carbocycles. The van der Waals surface area contributed by atoms with Crippen LogP contribution in [0.5, 0.6) is 0 Å². The Hall–Kier alpha value is -0.350. The van der Waals surface area contributed by atoms with Crippen LogP contribution in [-0.2, 0) is 13.1 Å². The van der Waals surface area contributed by atoms with E-state index < -0.39 is 0 Å². The van der Waals surface area contributed by atoms with Gasteiger partial charge in [-0.25, -0.2) is 0 Å². The van der Waals surface area contributed by atoms with E-state index in [9.17, 15) is 0 Å². The molecule has 98 valence electrons. The predicted octanol–water partition coefficient (Wildman–Crippen LogP) is 3.45. The molecule has 4 heteroatoms. The summed E-state index contributed by atoms with van der Waals surface area (Å²) >= 11 is 3.65.